The van der Waals surface area contributed by atoms with Crippen LogP contribution < -0.4 is 5.32 Å². The molecule has 90 valence electrons. The number of halogens is 1. The van der Waals surface area contributed by atoms with Crippen molar-refractivity contribution >= 4 is 22.9 Å². The normalized spacial score (nSPS) is 10.7. The second-order valence-corrected chi connectivity index (χ2v) is 5.18. The third kappa shape index (κ3) is 3.54. The molecule has 0 saturated carbocycles. The lowest BCUT2D eigenvalue weighted by atomic mass is 10.1. The van der Waals surface area contributed by atoms with E-state index in [2.05, 4.69) is 5.32 Å². The van der Waals surface area contributed by atoms with E-state index in [9.17, 15) is 0 Å². The van der Waals surface area contributed by atoms with E-state index >= 15 is 0 Å². The SMILES string of the molecule is OCc1cccc(CNCc2sccc2Cl)c1. The summed E-state index contributed by atoms with van der Waals surface area (Å²) in [6, 6.07) is 9.83. The Hall–Kier alpha value is -0.870. The fourth-order valence-electron chi connectivity index (χ4n) is 1.61. The molecule has 0 unspecified atom stereocenters. The van der Waals surface area contributed by atoms with Crippen molar-refractivity contribution in [3.63, 3.8) is 0 Å². The van der Waals surface area contributed by atoms with Crippen LogP contribution in [0.1, 0.15) is 16.0 Å². The van der Waals surface area contributed by atoms with Crippen molar-refractivity contribution in [2.75, 3.05) is 0 Å². The number of thiophene rings is 1. The van der Waals surface area contributed by atoms with Gasteiger partial charge in [-0.2, -0.15) is 0 Å². The highest BCUT2D eigenvalue weighted by Gasteiger charge is 2.01. The highest BCUT2D eigenvalue weighted by atomic mass is 35.5. The number of rotatable bonds is 5. The van der Waals surface area contributed by atoms with Crippen LogP contribution in [0.5, 0.6) is 0 Å². The smallest absolute Gasteiger partial charge is 0.0681 e. The van der Waals surface area contributed by atoms with Crippen LogP contribution in [0.3, 0.4) is 0 Å². The Morgan fingerprint density at radius 2 is 2.00 bits per heavy atom. The van der Waals surface area contributed by atoms with Crippen molar-refractivity contribution in [3.8, 4) is 0 Å². The van der Waals surface area contributed by atoms with Gasteiger partial charge in [-0.05, 0) is 22.6 Å². The topological polar surface area (TPSA) is 32.3 Å². The van der Waals surface area contributed by atoms with E-state index in [1.54, 1.807) is 11.3 Å². The molecule has 17 heavy (non-hydrogen) atoms. The van der Waals surface area contributed by atoms with Gasteiger partial charge in [0.15, 0.2) is 0 Å². The number of hydrogen-bond donors (Lipinski definition) is 2. The zero-order valence-electron chi connectivity index (χ0n) is 9.32. The molecule has 0 amide bonds. The summed E-state index contributed by atoms with van der Waals surface area (Å²) in [4.78, 5) is 1.16. The highest BCUT2D eigenvalue weighted by molar-refractivity contribution is 7.10. The first-order valence-corrected chi connectivity index (χ1v) is 6.66. The Labute approximate surface area is 110 Å². The van der Waals surface area contributed by atoms with Gasteiger partial charge in [-0.1, -0.05) is 35.9 Å². The summed E-state index contributed by atoms with van der Waals surface area (Å²) in [5, 5.41) is 15.2. The summed E-state index contributed by atoms with van der Waals surface area (Å²) in [6.45, 7) is 1.65. The number of aliphatic hydroxyl groups is 1. The van der Waals surface area contributed by atoms with Crippen LogP contribution >= 0.6 is 22.9 Å². The molecular formula is C13H14ClNOS. The second kappa shape index (κ2) is 6.17. The lowest BCUT2D eigenvalue weighted by Gasteiger charge is -2.05. The van der Waals surface area contributed by atoms with Gasteiger partial charge < -0.3 is 10.4 Å². The van der Waals surface area contributed by atoms with Crippen molar-refractivity contribution in [1.82, 2.24) is 5.32 Å². The second-order valence-electron chi connectivity index (χ2n) is 3.77. The van der Waals surface area contributed by atoms with Gasteiger partial charge in [-0.15, -0.1) is 11.3 Å². The van der Waals surface area contributed by atoms with Gasteiger partial charge in [-0.25, -0.2) is 0 Å². The molecular weight excluding hydrogens is 254 g/mol. The summed E-state index contributed by atoms with van der Waals surface area (Å²) >= 11 is 7.66. The molecule has 2 N–H and O–H groups in total. The number of aliphatic hydroxyl groups excluding tert-OH is 1. The van der Waals surface area contributed by atoms with Crippen molar-refractivity contribution in [2.24, 2.45) is 0 Å². The minimum atomic E-state index is 0.0879. The quantitative estimate of drug-likeness (QED) is 0.872. The van der Waals surface area contributed by atoms with Crippen molar-refractivity contribution in [2.45, 2.75) is 19.7 Å². The van der Waals surface area contributed by atoms with Crippen LogP contribution in [0.25, 0.3) is 0 Å². The van der Waals surface area contributed by atoms with Gasteiger partial charge >= 0.3 is 0 Å². The first-order chi connectivity index (χ1) is 8.29. The third-order valence-corrected chi connectivity index (χ3v) is 3.87. The molecule has 4 heteroatoms. The maximum Gasteiger partial charge on any atom is 0.0681 e. The average Bonchev–Trinajstić information content (AvgIpc) is 2.76. The van der Waals surface area contributed by atoms with E-state index < -0.39 is 0 Å². The molecule has 1 aromatic heterocycles. The summed E-state index contributed by atoms with van der Waals surface area (Å²) in [7, 11) is 0. The molecule has 1 heterocycles. The molecule has 0 fully saturated rings. The van der Waals surface area contributed by atoms with Crippen LogP contribution in [0.15, 0.2) is 35.7 Å². The summed E-state index contributed by atoms with van der Waals surface area (Å²) in [5.74, 6) is 0. The summed E-state index contributed by atoms with van der Waals surface area (Å²) in [6.07, 6.45) is 0. The Balaban J connectivity index is 1.87. The zero-order chi connectivity index (χ0) is 12.1. The molecule has 0 aliphatic heterocycles. The van der Waals surface area contributed by atoms with Gasteiger partial charge in [0.1, 0.15) is 0 Å². The lowest BCUT2D eigenvalue weighted by Crippen LogP contribution is -2.12. The molecule has 0 aliphatic rings. The maximum absolute atomic E-state index is 9.04. The van der Waals surface area contributed by atoms with E-state index in [0.29, 0.717) is 0 Å². The molecule has 0 radical (unpaired) electrons. The Kier molecular flexibility index (Phi) is 4.57. The van der Waals surface area contributed by atoms with Gasteiger partial charge in [-0.3, -0.25) is 0 Å². The van der Waals surface area contributed by atoms with Crippen LogP contribution in [0, 0.1) is 0 Å². The van der Waals surface area contributed by atoms with Crippen molar-refractivity contribution < 1.29 is 5.11 Å². The first-order valence-electron chi connectivity index (χ1n) is 5.41. The van der Waals surface area contributed by atoms with E-state index in [0.717, 1.165) is 28.6 Å². The summed E-state index contributed by atoms with van der Waals surface area (Å²) < 4.78 is 0. The van der Waals surface area contributed by atoms with Gasteiger partial charge in [0.25, 0.3) is 0 Å². The van der Waals surface area contributed by atoms with E-state index in [1.165, 1.54) is 5.56 Å². The Bertz CT molecular complexity index is 484. The maximum atomic E-state index is 9.04. The minimum absolute atomic E-state index is 0.0879. The average molecular weight is 268 g/mol. The largest absolute Gasteiger partial charge is 0.392 e. The van der Waals surface area contributed by atoms with E-state index in [4.69, 9.17) is 16.7 Å². The highest BCUT2D eigenvalue weighted by Crippen LogP contribution is 2.21. The molecule has 2 aromatic rings. The number of nitrogens with one attached hydrogen (secondary N) is 1. The van der Waals surface area contributed by atoms with Crippen molar-refractivity contribution in [3.05, 3.63) is 56.7 Å². The van der Waals surface area contributed by atoms with Gasteiger partial charge in [0, 0.05) is 18.0 Å². The van der Waals surface area contributed by atoms with E-state index in [-0.39, 0.29) is 6.61 Å². The molecule has 0 atom stereocenters. The van der Waals surface area contributed by atoms with Gasteiger partial charge in [0.05, 0.1) is 11.6 Å². The number of hydrogen-bond acceptors (Lipinski definition) is 3. The van der Waals surface area contributed by atoms with Crippen LogP contribution in [-0.2, 0) is 19.7 Å². The van der Waals surface area contributed by atoms with Crippen LogP contribution in [0.4, 0.5) is 0 Å². The van der Waals surface area contributed by atoms with E-state index in [1.807, 2.05) is 35.7 Å². The fourth-order valence-corrected chi connectivity index (χ4v) is 2.68. The number of benzene rings is 1. The predicted octanol–water partition coefficient (Wildman–Crippen LogP) is 3.18. The van der Waals surface area contributed by atoms with Gasteiger partial charge in [0.2, 0.25) is 0 Å². The first kappa shape index (κ1) is 12.6. The third-order valence-electron chi connectivity index (χ3n) is 2.48. The molecule has 2 rings (SSSR count). The lowest BCUT2D eigenvalue weighted by molar-refractivity contribution is 0.281. The molecule has 0 bridgehead atoms. The monoisotopic (exact) mass is 267 g/mol. The molecule has 0 spiro atoms. The standard InChI is InChI=1S/C13H14ClNOS/c14-12-4-5-17-13(12)8-15-7-10-2-1-3-11(6-10)9-16/h1-6,15-16H,7-9H2. The molecule has 0 aliphatic carbocycles. The molecule has 2 nitrogen and oxygen atoms in total. The summed E-state index contributed by atoms with van der Waals surface area (Å²) in [5.41, 5.74) is 2.11. The molecule has 0 saturated heterocycles. The minimum Gasteiger partial charge on any atom is -0.392 e. The van der Waals surface area contributed by atoms with Crippen LogP contribution in [-0.4, -0.2) is 5.11 Å². The fraction of sp³-hybridized carbons (Fsp3) is 0.231. The Morgan fingerprint density at radius 1 is 1.18 bits per heavy atom. The Morgan fingerprint density at radius 3 is 2.71 bits per heavy atom. The van der Waals surface area contributed by atoms with Crippen LogP contribution in [0.2, 0.25) is 5.02 Å². The molecule has 1 aromatic carbocycles. The van der Waals surface area contributed by atoms with Crippen molar-refractivity contribution in [1.29, 1.82) is 0 Å². The predicted molar refractivity (Wildman–Crippen MR) is 72.2 cm³/mol. The zero-order valence-corrected chi connectivity index (χ0v) is 10.9.